The Labute approximate surface area is 121 Å². The molecular weight excluding hydrogens is 271 g/mol. The molecule has 0 aliphatic heterocycles. The lowest BCUT2D eigenvalue weighted by Gasteiger charge is -2.15. The first-order valence-electron chi connectivity index (χ1n) is 6.32. The van der Waals surface area contributed by atoms with Gasteiger partial charge in [-0.25, -0.2) is 4.39 Å². The highest BCUT2D eigenvalue weighted by molar-refractivity contribution is 5.94. The molecule has 0 spiro atoms. The summed E-state index contributed by atoms with van der Waals surface area (Å²) in [6.45, 7) is 1.56. The van der Waals surface area contributed by atoms with Gasteiger partial charge in [0.15, 0.2) is 6.10 Å². The number of amides is 1. The Kier molecular flexibility index (Phi) is 4.52. The van der Waals surface area contributed by atoms with Gasteiger partial charge in [0.1, 0.15) is 11.6 Å². The van der Waals surface area contributed by atoms with Crippen molar-refractivity contribution in [3.05, 3.63) is 59.9 Å². The summed E-state index contributed by atoms with van der Waals surface area (Å²) in [4.78, 5) is 11.9. The highest BCUT2D eigenvalue weighted by Crippen LogP contribution is 2.16. The summed E-state index contributed by atoms with van der Waals surface area (Å²) in [5.41, 5.74) is 0.614. The minimum absolute atomic E-state index is 0.109. The number of hydrogen-bond acceptors (Lipinski definition) is 3. The van der Waals surface area contributed by atoms with Crippen LogP contribution in [0.4, 0.5) is 10.1 Å². The summed E-state index contributed by atoms with van der Waals surface area (Å²) in [5, 5.41) is 11.2. The lowest BCUT2D eigenvalue weighted by Crippen LogP contribution is -2.30. The number of halogens is 1. The van der Waals surface area contributed by atoms with E-state index < -0.39 is 17.8 Å². The Hall–Kier alpha value is -2.87. The molecule has 0 heterocycles. The van der Waals surface area contributed by atoms with E-state index >= 15 is 0 Å². The van der Waals surface area contributed by atoms with Gasteiger partial charge < -0.3 is 10.1 Å². The maximum atomic E-state index is 13.4. The largest absolute Gasteiger partial charge is 0.481 e. The lowest BCUT2D eigenvalue weighted by molar-refractivity contribution is -0.122. The van der Waals surface area contributed by atoms with Gasteiger partial charge in [-0.05, 0) is 43.3 Å². The fourth-order valence-corrected chi connectivity index (χ4v) is 1.66. The topological polar surface area (TPSA) is 62.1 Å². The smallest absolute Gasteiger partial charge is 0.265 e. The van der Waals surface area contributed by atoms with Crippen LogP contribution in [0.3, 0.4) is 0 Å². The van der Waals surface area contributed by atoms with Gasteiger partial charge in [0, 0.05) is 0 Å². The third-order valence-electron chi connectivity index (χ3n) is 2.80. The van der Waals surface area contributed by atoms with E-state index in [2.05, 4.69) is 5.32 Å². The number of nitrogens with zero attached hydrogens (tertiary/aromatic N) is 1. The quantitative estimate of drug-likeness (QED) is 0.938. The van der Waals surface area contributed by atoms with E-state index in [0.717, 1.165) is 0 Å². The van der Waals surface area contributed by atoms with E-state index in [9.17, 15) is 9.18 Å². The second-order valence-electron chi connectivity index (χ2n) is 4.37. The summed E-state index contributed by atoms with van der Waals surface area (Å²) >= 11 is 0. The zero-order chi connectivity index (χ0) is 15.2. The van der Waals surface area contributed by atoms with Crippen LogP contribution in [-0.2, 0) is 4.79 Å². The highest BCUT2D eigenvalue weighted by atomic mass is 19.1. The minimum Gasteiger partial charge on any atom is -0.481 e. The lowest BCUT2D eigenvalue weighted by atomic mass is 10.2. The third kappa shape index (κ3) is 3.80. The first-order chi connectivity index (χ1) is 10.1. The minimum atomic E-state index is -0.794. The van der Waals surface area contributed by atoms with Gasteiger partial charge in [-0.1, -0.05) is 12.1 Å². The molecule has 4 nitrogen and oxygen atoms in total. The number of carbonyl (C=O) groups is 1. The van der Waals surface area contributed by atoms with Crippen LogP contribution < -0.4 is 10.1 Å². The van der Waals surface area contributed by atoms with Gasteiger partial charge in [0.25, 0.3) is 5.91 Å². The third-order valence-corrected chi connectivity index (χ3v) is 2.80. The molecule has 0 bridgehead atoms. The summed E-state index contributed by atoms with van der Waals surface area (Å²) < 4.78 is 18.9. The zero-order valence-corrected chi connectivity index (χ0v) is 11.3. The molecule has 0 aliphatic rings. The number of rotatable bonds is 4. The maximum Gasteiger partial charge on any atom is 0.265 e. The number of para-hydroxylation sites is 1. The molecule has 5 heteroatoms. The fraction of sp³-hybridized carbons (Fsp3) is 0.125. The molecule has 1 N–H and O–H groups in total. The normalized spacial score (nSPS) is 11.3. The molecule has 0 radical (unpaired) electrons. The average molecular weight is 284 g/mol. The van der Waals surface area contributed by atoms with Crippen LogP contribution in [0.25, 0.3) is 0 Å². The van der Waals surface area contributed by atoms with Gasteiger partial charge in [-0.2, -0.15) is 5.26 Å². The van der Waals surface area contributed by atoms with Crippen molar-refractivity contribution >= 4 is 11.6 Å². The molecular formula is C16H13FN2O2. The number of anilines is 1. The number of benzene rings is 2. The van der Waals surface area contributed by atoms with Crippen molar-refractivity contribution in [3.8, 4) is 11.8 Å². The van der Waals surface area contributed by atoms with E-state index in [4.69, 9.17) is 10.00 Å². The van der Waals surface area contributed by atoms with E-state index in [0.29, 0.717) is 11.3 Å². The first kappa shape index (κ1) is 14.5. The Balaban J connectivity index is 1.99. The number of nitrogens with one attached hydrogen (secondary N) is 1. The Morgan fingerprint density at radius 3 is 2.52 bits per heavy atom. The van der Waals surface area contributed by atoms with E-state index in [-0.39, 0.29) is 5.69 Å². The van der Waals surface area contributed by atoms with Crippen LogP contribution in [0.15, 0.2) is 48.5 Å². The van der Waals surface area contributed by atoms with Crippen LogP contribution in [0.1, 0.15) is 12.5 Å². The van der Waals surface area contributed by atoms with Crippen molar-refractivity contribution in [2.45, 2.75) is 13.0 Å². The Morgan fingerprint density at radius 1 is 1.24 bits per heavy atom. The Morgan fingerprint density at radius 2 is 1.90 bits per heavy atom. The number of ether oxygens (including phenoxy) is 1. The SMILES string of the molecule is C[C@H](Oc1ccc(C#N)cc1)C(=O)Nc1ccccc1F. The van der Waals surface area contributed by atoms with Crippen LogP contribution >= 0.6 is 0 Å². The van der Waals surface area contributed by atoms with Crippen molar-refractivity contribution in [2.75, 3.05) is 5.32 Å². The molecule has 0 aromatic heterocycles. The number of carbonyl (C=O) groups excluding carboxylic acids is 1. The van der Waals surface area contributed by atoms with E-state index in [1.54, 1.807) is 43.3 Å². The van der Waals surface area contributed by atoms with Crippen molar-refractivity contribution < 1.29 is 13.9 Å². The van der Waals surface area contributed by atoms with Gasteiger partial charge in [-0.3, -0.25) is 4.79 Å². The second kappa shape index (κ2) is 6.53. The van der Waals surface area contributed by atoms with Gasteiger partial charge in [-0.15, -0.1) is 0 Å². The summed E-state index contributed by atoms with van der Waals surface area (Å²) in [6.07, 6.45) is -0.794. The molecule has 2 aromatic rings. The van der Waals surface area contributed by atoms with E-state index in [1.165, 1.54) is 12.1 Å². The first-order valence-corrected chi connectivity index (χ1v) is 6.32. The van der Waals surface area contributed by atoms with Crippen LogP contribution in [0.5, 0.6) is 5.75 Å². The van der Waals surface area contributed by atoms with E-state index in [1.807, 2.05) is 6.07 Å². The molecule has 0 saturated carbocycles. The maximum absolute atomic E-state index is 13.4. The predicted octanol–water partition coefficient (Wildman–Crippen LogP) is 3.10. The fourth-order valence-electron chi connectivity index (χ4n) is 1.66. The van der Waals surface area contributed by atoms with Crippen molar-refractivity contribution in [1.82, 2.24) is 0 Å². The highest BCUT2D eigenvalue weighted by Gasteiger charge is 2.16. The molecule has 0 aliphatic carbocycles. The molecule has 0 unspecified atom stereocenters. The number of nitriles is 1. The van der Waals surface area contributed by atoms with Gasteiger partial charge >= 0.3 is 0 Å². The standard InChI is InChI=1S/C16H13FN2O2/c1-11(21-13-8-6-12(10-18)7-9-13)16(20)19-15-5-3-2-4-14(15)17/h2-9,11H,1H3,(H,19,20)/t11-/m0/s1. The van der Waals surface area contributed by atoms with Gasteiger partial charge in [0.2, 0.25) is 0 Å². The Bertz CT molecular complexity index is 677. The molecule has 2 aromatic carbocycles. The van der Waals surface area contributed by atoms with Crippen molar-refractivity contribution in [2.24, 2.45) is 0 Å². The monoisotopic (exact) mass is 284 g/mol. The summed E-state index contributed by atoms with van der Waals surface area (Å²) in [6, 6.07) is 14.3. The van der Waals surface area contributed by atoms with Crippen LogP contribution in [0, 0.1) is 17.1 Å². The van der Waals surface area contributed by atoms with Crippen molar-refractivity contribution in [1.29, 1.82) is 5.26 Å². The molecule has 1 atom stereocenters. The van der Waals surface area contributed by atoms with Crippen molar-refractivity contribution in [3.63, 3.8) is 0 Å². The molecule has 0 saturated heterocycles. The second-order valence-corrected chi connectivity index (χ2v) is 4.37. The molecule has 21 heavy (non-hydrogen) atoms. The summed E-state index contributed by atoms with van der Waals surface area (Å²) in [7, 11) is 0. The van der Waals surface area contributed by atoms with Gasteiger partial charge in [0.05, 0.1) is 17.3 Å². The molecule has 2 rings (SSSR count). The molecule has 0 fully saturated rings. The molecule has 1 amide bonds. The predicted molar refractivity (Wildman–Crippen MR) is 76.3 cm³/mol. The van der Waals surface area contributed by atoms with Crippen LogP contribution in [-0.4, -0.2) is 12.0 Å². The summed E-state index contributed by atoms with van der Waals surface area (Å²) in [5.74, 6) is -0.494. The number of hydrogen-bond donors (Lipinski definition) is 1. The van der Waals surface area contributed by atoms with Crippen LogP contribution in [0.2, 0.25) is 0 Å². The average Bonchev–Trinajstić information content (AvgIpc) is 2.50. The zero-order valence-electron chi connectivity index (χ0n) is 11.3. The molecule has 106 valence electrons.